The molecule has 0 aliphatic rings. The molecule has 0 N–H and O–H groups in total. The van der Waals surface area contributed by atoms with E-state index in [4.69, 9.17) is 4.18 Å². The number of rotatable bonds is 8. The minimum absolute atomic E-state index is 0.0744. The minimum atomic E-state index is -1.65. The van der Waals surface area contributed by atoms with Gasteiger partial charge in [-0.05, 0) is 0 Å². The third-order valence-electron chi connectivity index (χ3n) is 2.89. The summed E-state index contributed by atoms with van der Waals surface area (Å²) >= 11 is -1.65. The fourth-order valence-electron chi connectivity index (χ4n) is 1.95. The molecule has 0 unspecified atom stereocenters. The van der Waals surface area contributed by atoms with Crippen molar-refractivity contribution in [2.24, 2.45) is 0 Å². The maximum absolute atomic E-state index is 11.1. The van der Waals surface area contributed by atoms with Gasteiger partial charge in [-0.3, -0.25) is 0 Å². The Bertz CT molecular complexity index is 199. The summed E-state index contributed by atoms with van der Waals surface area (Å²) in [4.78, 5) is 11.1. The Labute approximate surface area is 108 Å². The van der Waals surface area contributed by atoms with Gasteiger partial charge in [0.1, 0.15) is 0 Å². The van der Waals surface area contributed by atoms with Gasteiger partial charge in [0.2, 0.25) is 0 Å². The molecule has 0 spiro atoms. The van der Waals surface area contributed by atoms with Crippen LogP contribution in [-0.2, 0) is 8.98 Å². The average molecular weight is 355 g/mol. The van der Waals surface area contributed by atoms with Gasteiger partial charge in [0, 0.05) is 0 Å². The molecule has 0 atom stereocenters. The van der Waals surface area contributed by atoms with E-state index in [1.807, 2.05) is 0 Å². The van der Waals surface area contributed by atoms with Crippen LogP contribution in [0.5, 0.6) is 0 Å². The zero-order valence-electron chi connectivity index (χ0n) is 11.5. The van der Waals surface area contributed by atoms with Crippen molar-refractivity contribution in [3.8, 4) is 0 Å². The third-order valence-corrected chi connectivity index (χ3v) is 28.9. The van der Waals surface area contributed by atoms with Gasteiger partial charge in [-0.15, -0.1) is 0 Å². The van der Waals surface area contributed by atoms with Gasteiger partial charge in [-0.2, -0.15) is 0 Å². The predicted octanol–water partition coefficient (Wildman–Crippen LogP) is 3.85. The number of hydrogen-bond donors (Lipinski definition) is 0. The molecular formula is C12H28O2SSn. The van der Waals surface area contributed by atoms with E-state index in [0.29, 0.717) is 0 Å². The Morgan fingerprint density at radius 3 is 1.88 bits per heavy atom. The summed E-state index contributed by atoms with van der Waals surface area (Å²) in [6, 6.07) is 0. The van der Waals surface area contributed by atoms with E-state index in [1.165, 1.54) is 34.6 Å². The molecular weight excluding hydrogens is 327 g/mol. The standard InChI is InChI=1S/C4H9O2S.2C4H9.Sn.H/c1-4(5)6-7(2)3;2*1-3-4-2;;/h1-3H3;2*1,3-4H2,2H3;;/q+1;;;-1;. The molecule has 0 heterocycles. The summed E-state index contributed by atoms with van der Waals surface area (Å²) in [5.41, 5.74) is 0. The monoisotopic (exact) mass is 356 g/mol. The van der Waals surface area contributed by atoms with Crippen molar-refractivity contribution in [2.75, 3.05) is 12.5 Å². The van der Waals surface area contributed by atoms with E-state index in [9.17, 15) is 4.79 Å². The van der Waals surface area contributed by atoms with Crippen LogP contribution in [0.25, 0.3) is 0 Å². The van der Waals surface area contributed by atoms with Crippen molar-refractivity contribution in [1.29, 1.82) is 0 Å². The zero-order chi connectivity index (χ0) is 12.6. The van der Waals surface area contributed by atoms with Crippen molar-refractivity contribution in [3.05, 3.63) is 0 Å². The van der Waals surface area contributed by atoms with Crippen LogP contribution >= 0.6 is 7.49 Å². The zero-order valence-corrected chi connectivity index (χ0v) is 15.7. The SMILES string of the molecule is CCC[CH2][SnH]([CH2]CCC)[S](C)(C)OC(C)=O. The Morgan fingerprint density at radius 1 is 1.12 bits per heavy atom. The molecule has 16 heavy (non-hydrogen) atoms. The van der Waals surface area contributed by atoms with Crippen molar-refractivity contribution < 1.29 is 8.98 Å². The van der Waals surface area contributed by atoms with E-state index >= 15 is 0 Å². The van der Waals surface area contributed by atoms with Crippen molar-refractivity contribution in [3.63, 3.8) is 0 Å². The van der Waals surface area contributed by atoms with E-state index in [2.05, 4.69) is 26.4 Å². The maximum atomic E-state index is 11.1. The molecule has 0 saturated carbocycles. The van der Waals surface area contributed by atoms with Gasteiger partial charge in [-0.25, -0.2) is 0 Å². The van der Waals surface area contributed by atoms with Crippen LogP contribution < -0.4 is 0 Å². The molecule has 2 nitrogen and oxygen atoms in total. The molecule has 0 radical (unpaired) electrons. The first kappa shape index (κ1) is 16.6. The molecule has 98 valence electrons. The van der Waals surface area contributed by atoms with Gasteiger partial charge in [-0.1, -0.05) is 0 Å². The van der Waals surface area contributed by atoms with Gasteiger partial charge >= 0.3 is 109 Å². The molecule has 0 rings (SSSR count). The first-order chi connectivity index (χ1) is 7.44. The van der Waals surface area contributed by atoms with Gasteiger partial charge in [0.05, 0.1) is 0 Å². The predicted molar refractivity (Wildman–Crippen MR) is 77.8 cm³/mol. The molecule has 0 aromatic heterocycles. The number of carbonyl (C=O) groups is 1. The van der Waals surface area contributed by atoms with Gasteiger partial charge in [0.25, 0.3) is 0 Å². The molecule has 0 aromatic rings. The fraction of sp³-hybridized carbons (Fsp3) is 0.917. The van der Waals surface area contributed by atoms with Crippen molar-refractivity contribution in [1.82, 2.24) is 0 Å². The second-order valence-corrected chi connectivity index (χ2v) is 28.6. The molecule has 4 heteroatoms. The summed E-state index contributed by atoms with van der Waals surface area (Å²) < 4.78 is 8.45. The van der Waals surface area contributed by atoms with E-state index in [1.54, 1.807) is 6.92 Å². The molecule has 0 bridgehead atoms. The van der Waals surface area contributed by atoms with Crippen molar-refractivity contribution in [2.45, 2.75) is 55.3 Å². The molecule has 0 amide bonds. The quantitative estimate of drug-likeness (QED) is 0.619. The first-order valence-electron chi connectivity index (χ1n) is 6.36. The molecule has 0 aliphatic carbocycles. The summed E-state index contributed by atoms with van der Waals surface area (Å²) in [5, 5.41) is 0. The van der Waals surface area contributed by atoms with Crippen LogP contribution in [0, 0.1) is 0 Å². The van der Waals surface area contributed by atoms with Crippen molar-refractivity contribution >= 4 is 31.8 Å². The molecule has 0 fully saturated rings. The topological polar surface area (TPSA) is 26.3 Å². The summed E-state index contributed by atoms with van der Waals surface area (Å²) in [6.07, 6.45) is 9.66. The fourth-order valence-corrected chi connectivity index (χ4v) is 23.9. The summed E-state index contributed by atoms with van der Waals surface area (Å²) in [5.74, 6) is -0.0744. The number of carbonyl (C=O) groups excluding carboxylic acids is 1. The molecule has 0 aliphatic heterocycles. The number of hydrogen-bond acceptors (Lipinski definition) is 2. The second-order valence-electron chi connectivity index (χ2n) is 4.79. The van der Waals surface area contributed by atoms with Gasteiger partial charge < -0.3 is 0 Å². The Balaban J connectivity index is 4.37. The van der Waals surface area contributed by atoms with Crippen LogP contribution in [0.3, 0.4) is 0 Å². The van der Waals surface area contributed by atoms with Gasteiger partial charge in [0.15, 0.2) is 0 Å². The summed E-state index contributed by atoms with van der Waals surface area (Å²) in [7, 11) is -1.01. The van der Waals surface area contributed by atoms with Crippen LogP contribution in [0.1, 0.15) is 46.5 Å². The molecule has 0 aromatic carbocycles. The van der Waals surface area contributed by atoms with Crippen LogP contribution in [0.15, 0.2) is 0 Å². The first-order valence-corrected chi connectivity index (χ1v) is 17.5. The number of unbranched alkanes of at least 4 members (excludes halogenated alkanes) is 2. The van der Waals surface area contributed by atoms with Crippen LogP contribution in [-0.4, -0.2) is 36.9 Å². The van der Waals surface area contributed by atoms with E-state index in [-0.39, 0.29) is 5.97 Å². The normalized spacial score (nSPS) is 12.9. The van der Waals surface area contributed by atoms with Crippen LogP contribution in [0.2, 0.25) is 8.87 Å². The van der Waals surface area contributed by atoms with Crippen LogP contribution in [0.4, 0.5) is 0 Å². The van der Waals surface area contributed by atoms with E-state index in [0.717, 1.165) is 0 Å². The molecule has 0 saturated heterocycles. The average Bonchev–Trinajstić information content (AvgIpc) is 2.15. The Kier molecular flexibility index (Phi) is 9.01. The Hall–Kier alpha value is 0.619. The summed E-state index contributed by atoms with van der Waals surface area (Å²) in [6.45, 7) is 6.05. The third kappa shape index (κ3) is 7.04. The Morgan fingerprint density at radius 2 is 1.56 bits per heavy atom. The van der Waals surface area contributed by atoms with E-state index < -0.39 is 25.9 Å². The second kappa shape index (κ2) is 8.67.